The Bertz CT molecular complexity index is 1520. The molecule has 0 aliphatic heterocycles. The minimum atomic E-state index is -4.50. The molecule has 0 saturated heterocycles. The van der Waals surface area contributed by atoms with Gasteiger partial charge in [-0.15, -0.1) is 6.58 Å². The van der Waals surface area contributed by atoms with E-state index in [2.05, 4.69) is 38.0 Å². The third-order valence-electron chi connectivity index (χ3n) is 9.26. The van der Waals surface area contributed by atoms with Gasteiger partial charge in [0.1, 0.15) is 11.3 Å². The van der Waals surface area contributed by atoms with Crippen LogP contribution in [-0.2, 0) is 16.0 Å². The second-order valence-electron chi connectivity index (χ2n) is 13.0. The van der Waals surface area contributed by atoms with Crippen LogP contribution in [0.2, 0.25) is 0 Å². The molecule has 4 rings (SSSR count). The van der Waals surface area contributed by atoms with Crippen molar-refractivity contribution in [2.24, 2.45) is 5.92 Å². The van der Waals surface area contributed by atoms with E-state index in [0.717, 1.165) is 75.6 Å². The van der Waals surface area contributed by atoms with Crippen molar-refractivity contribution in [3.63, 3.8) is 0 Å². The molecule has 270 valence electrons. The van der Waals surface area contributed by atoms with Crippen LogP contribution in [0.3, 0.4) is 0 Å². The number of aromatic nitrogens is 1. The molecule has 0 spiro atoms. The van der Waals surface area contributed by atoms with Crippen molar-refractivity contribution >= 4 is 16.6 Å². The molecular weight excluding hydrogens is 635 g/mol. The second-order valence-corrected chi connectivity index (χ2v) is 13.0. The van der Waals surface area contributed by atoms with Crippen molar-refractivity contribution in [1.82, 2.24) is 10.3 Å². The lowest BCUT2D eigenvalue weighted by Crippen LogP contribution is -2.38. The summed E-state index contributed by atoms with van der Waals surface area (Å²) in [6, 6.07) is 8.78. The van der Waals surface area contributed by atoms with Crippen LogP contribution >= 0.6 is 0 Å². The van der Waals surface area contributed by atoms with Crippen LogP contribution in [0.1, 0.15) is 83.3 Å². The van der Waals surface area contributed by atoms with Crippen LogP contribution in [-0.4, -0.2) is 50.0 Å². The number of anilines is 1. The highest BCUT2D eigenvalue weighted by Crippen LogP contribution is 2.45. The Kier molecular flexibility index (Phi) is 14.0. The number of allylic oxidation sites excluding steroid dienone is 1. The predicted octanol–water partition coefficient (Wildman–Crippen LogP) is 9.79. The summed E-state index contributed by atoms with van der Waals surface area (Å²) in [6.45, 7) is 13.0. The molecule has 0 bridgehead atoms. The van der Waals surface area contributed by atoms with E-state index in [1.165, 1.54) is 19.2 Å². The van der Waals surface area contributed by atoms with E-state index < -0.39 is 11.7 Å². The molecule has 0 amide bonds. The van der Waals surface area contributed by atoms with E-state index in [9.17, 15) is 13.2 Å². The van der Waals surface area contributed by atoms with Crippen LogP contribution in [0, 0.1) is 12.8 Å². The maximum Gasteiger partial charge on any atom is 0.416 e. The van der Waals surface area contributed by atoms with Crippen molar-refractivity contribution in [3.8, 4) is 23.1 Å². The molecule has 1 heterocycles. The molecule has 5 atom stereocenters. The van der Waals surface area contributed by atoms with Crippen molar-refractivity contribution in [1.29, 1.82) is 0 Å². The molecule has 3 aromatic rings. The van der Waals surface area contributed by atoms with Gasteiger partial charge in [-0.2, -0.15) is 13.2 Å². The Morgan fingerprint density at radius 2 is 1.90 bits per heavy atom. The zero-order valence-electron chi connectivity index (χ0n) is 29.6. The molecule has 8 nitrogen and oxygen atoms in total. The van der Waals surface area contributed by atoms with Crippen molar-refractivity contribution in [3.05, 3.63) is 60.2 Å². The first-order chi connectivity index (χ1) is 23.5. The largest absolute Gasteiger partial charge is 0.493 e. The third-order valence-corrected chi connectivity index (χ3v) is 9.26. The number of halogens is 3. The smallest absolute Gasteiger partial charge is 0.416 e. The lowest BCUT2D eigenvalue weighted by Gasteiger charge is -2.31. The van der Waals surface area contributed by atoms with Gasteiger partial charge in [0.15, 0.2) is 11.5 Å². The van der Waals surface area contributed by atoms with Gasteiger partial charge < -0.3 is 24.8 Å². The molecule has 11 heteroatoms. The summed E-state index contributed by atoms with van der Waals surface area (Å²) in [4.78, 5) is 16.4. The molecule has 2 aromatic carbocycles. The Balaban J connectivity index is 1.39. The zero-order chi connectivity index (χ0) is 35.6. The second kappa shape index (κ2) is 17.9. The molecule has 2 N–H and O–H groups in total. The molecule has 3 unspecified atom stereocenters. The monoisotopic (exact) mass is 687 g/mol. The maximum atomic E-state index is 13.4. The maximum absolute atomic E-state index is 13.4. The predicted molar refractivity (Wildman–Crippen MR) is 188 cm³/mol. The fourth-order valence-corrected chi connectivity index (χ4v) is 6.45. The van der Waals surface area contributed by atoms with Gasteiger partial charge in [-0.25, -0.2) is 14.8 Å². The van der Waals surface area contributed by atoms with Crippen molar-refractivity contribution < 1.29 is 37.2 Å². The summed E-state index contributed by atoms with van der Waals surface area (Å²) in [5.74, 6) is 1.51. The van der Waals surface area contributed by atoms with Crippen molar-refractivity contribution in [2.75, 3.05) is 26.1 Å². The number of nitrogens with zero attached hydrogens (tertiary/aromatic N) is 1. The minimum Gasteiger partial charge on any atom is -0.493 e. The number of nitrogens with one attached hydrogen (secondary N) is 2. The van der Waals surface area contributed by atoms with Gasteiger partial charge in [0.05, 0.1) is 43.1 Å². The molecule has 1 fully saturated rings. The van der Waals surface area contributed by atoms with Gasteiger partial charge in [-0.1, -0.05) is 25.5 Å². The first-order valence-corrected chi connectivity index (χ1v) is 17.3. The van der Waals surface area contributed by atoms with Gasteiger partial charge in [0, 0.05) is 24.2 Å². The summed E-state index contributed by atoms with van der Waals surface area (Å²) in [6.07, 6.45) is 5.48. The van der Waals surface area contributed by atoms with E-state index in [-0.39, 0.29) is 29.7 Å². The number of ether oxygens (including phenoxy) is 3. The number of hydrogen-bond acceptors (Lipinski definition) is 8. The fraction of sp³-hybridized carbons (Fsp3) is 0.553. The minimum absolute atomic E-state index is 0.0293. The average molecular weight is 688 g/mol. The number of rotatable bonds is 18. The first-order valence-electron chi connectivity index (χ1n) is 17.3. The van der Waals surface area contributed by atoms with Crippen LogP contribution in [0.25, 0.3) is 10.9 Å². The summed E-state index contributed by atoms with van der Waals surface area (Å²) in [7, 11) is 3.05. The molecular formula is C38H52F3N3O5. The number of methoxy groups -OCH3 is 2. The molecule has 1 aromatic heterocycles. The highest BCUT2D eigenvalue weighted by molar-refractivity contribution is 6.00. The molecule has 0 radical (unpaired) electrons. The molecule has 1 aliphatic carbocycles. The van der Waals surface area contributed by atoms with Gasteiger partial charge in [-0.05, 0) is 102 Å². The topological polar surface area (TPSA) is 83.1 Å². The SMILES string of the molecule is C=CCC(CC)[C@@H](C)OO[C@@H]1CCCC(NCCCC(C)Nc2cc(OC)c(Oc3cccc(C(F)(F)F)c3)c3c(C)cc(OC)nc23)C1. The lowest BCUT2D eigenvalue weighted by atomic mass is 9.93. The number of alkyl halides is 3. The molecule has 1 saturated carbocycles. The molecule has 49 heavy (non-hydrogen) atoms. The fourth-order valence-electron chi connectivity index (χ4n) is 6.45. The van der Waals surface area contributed by atoms with Crippen LogP contribution in [0.5, 0.6) is 23.1 Å². The number of benzene rings is 2. The highest BCUT2D eigenvalue weighted by atomic mass is 19.4. The van der Waals surface area contributed by atoms with Crippen LogP contribution in [0.4, 0.5) is 18.9 Å². The van der Waals surface area contributed by atoms with E-state index in [4.69, 9.17) is 29.0 Å². The summed E-state index contributed by atoms with van der Waals surface area (Å²) in [5.41, 5.74) is 1.26. The number of aryl methyl sites for hydroxylation is 1. The van der Waals surface area contributed by atoms with E-state index in [1.807, 2.05) is 13.0 Å². The lowest BCUT2D eigenvalue weighted by molar-refractivity contribution is -0.359. The zero-order valence-corrected chi connectivity index (χ0v) is 29.6. The Morgan fingerprint density at radius 1 is 1.10 bits per heavy atom. The molecule has 1 aliphatic rings. The summed E-state index contributed by atoms with van der Waals surface area (Å²) >= 11 is 0. The average Bonchev–Trinajstić information content (AvgIpc) is 3.08. The van der Waals surface area contributed by atoms with Crippen LogP contribution in [0.15, 0.2) is 49.1 Å². The van der Waals surface area contributed by atoms with E-state index >= 15 is 0 Å². The Morgan fingerprint density at radius 3 is 2.59 bits per heavy atom. The number of hydrogen-bond donors (Lipinski definition) is 2. The Labute approximate surface area is 288 Å². The number of pyridine rings is 1. The van der Waals surface area contributed by atoms with E-state index in [1.54, 1.807) is 19.2 Å². The van der Waals surface area contributed by atoms with Gasteiger partial charge in [-0.3, -0.25) is 0 Å². The number of fused-ring (bicyclic) bond motifs is 1. The summed E-state index contributed by atoms with van der Waals surface area (Å²) in [5, 5.41) is 7.91. The van der Waals surface area contributed by atoms with Crippen molar-refractivity contribution in [2.45, 2.75) is 110 Å². The Hall–Kier alpha value is -3.54. The quantitative estimate of drug-likeness (QED) is 0.0592. The first kappa shape index (κ1) is 38.3. The van der Waals surface area contributed by atoms with Gasteiger partial charge in [0.2, 0.25) is 5.88 Å². The third kappa shape index (κ3) is 10.5. The van der Waals surface area contributed by atoms with Gasteiger partial charge in [0.25, 0.3) is 0 Å². The van der Waals surface area contributed by atoms with Crippen LogP contribution < -0.4 is 24.8 Å². The normalized spacial score (nSPS) is 18.5. The van der Waals surface area contributed by atoms with Gasteiger partial charge >= 0.3 is 6.18 Å². The summed E-state index contributed by atoms with van der Waals surface area (Å²) < 4.78 is 57.5. The highest BCUT2D eigenvalue weighted by Gasteiger charge is 2.31. The van der Waals surface area contributed by atoms with E-state index in [0.29, 0.717) is 40.2 Å². The standard InChI is InChI=1S/C38H52F3N3O5/c1-8-13-27(9-2)26(5)48-49-31-18-11-16-29(22-31)42-19-12-14-25(4)43-32-23-33(45-6)37(35-24(3)20-34(46-7)44-36(32)35)47-30-17-10-15-28(21-30)38(39,40)41/h8,10,15,17,20-21,23,25-27,29,31,42-43H,1,9,11-14,16,18-19,22H2,2-7H3/t25?,26-,27?,29?,31-/m1/s1.